The van der Waals surface area contributed by atoms with E-state index in [1.807, 2.05) is 0 Å². The number of halogens is 3. The average Bonchev–Trinajstić information content (AvgIpc) is 1.62. The van der Waals surface area contributed by atoms with E-state index in [0.29, 0.717) is 0 Å². The first kappa shape index (κ1) is 4.65. The fourth-order valence-electron chi connectivity index (χ4n) is 0.327. The van der Waals surface area contributed by atoms with Crippen molar-refractivity contribution in [3.05, 3.63) is 0 Å². The molecule has 3 heteroatoms. The molecule has 0 radical (unpaired) electrons. The maximum Gasteiger partial charge on any atom is 0.389 e. The van der Waals surface area contributed by atoms with Gasteiger partial charge in [-0.1, -0.05) is 13.8 Å². The fourth-order valence-corrected chi connectivity index (χ4v) is 0.327. The van der Waals surface area contributed by atoms with Crippen LogP contribution >= 0.6 is 0 Å². The van der Waals surface area contributed by atoms with E-state index in [1.165, 1.54) is 13.8 Å². The van der Waals surface area contributed by atoms with Gasteiger partial charge in [-0.25, -0.2) is 0 Å². The molecule has 0 spiro atoms. The summed E-state index contributed by atoms with van der Waals surface area (Å²) < 4.78 is 48.3. The summed E-state index contributed by atoms with van der Waals surface area (Å²) in [5.41, 5.74) is 0. The van der Waals surface area contributed by atoms with Crippen LogP contribution in [0.15, 0.2) is 0 Å². The van der Waals surface area contributed by atoms with Gasteiger partial charge in [-0.15, -0.1) is 0 Å². The molecule has 0 aromatic carbocycles. The molecule has 0 N–H and O–H groups in total. The van der Waals surface area contributed by atoms with Gasteiger partial charge in [0.2, 0.25) is 0 Å². The smallest absolute Gasteiger partial charge is 0.171 e. The van der Waals surface area contributed by atoms with Gasteiger partial charge in [0, 0.05) is 9.11 Å². The topological polar surface area (TPSA) is 0 Å². The highest BCUT2D eigenvalue weighted by atomic mass is 19.4. The first-order valence-corrected chi connectivity index (χ1v) is 2.26. The molecule has 0 rings (SSSR count). The average molecular weight is 128 g/mol. The summed E-state index contributed by atoms with van der Waals surface area (Å²) in [5.74, 6) is -1.03. The van der Waals surface area contributed by atoms with Crippen LogP contribution in [0.25, 0.3) is 0 Å². The van der Waals surface area contributed by atoms with Gasteiger partial charge < -0.3 is 0 Å². The summed E-state index contributed by atoms with van der Waals surface area (Å²) in [4.78, 5) is 0. The molecule has 0 atom stereocenters. The molecule has 8 heavy (non-hydrogen) atoms. The standard InChI is InChI=1S/C5H9F3/c1-4(2)3-5(6,7)8/h4H,3H2,1-2H3/i3D2. The lowest BCUT2D eigenvalue weighted by Crippen LogP contribution is -2.10. The molecule has 0 aliphatic heterocycles. The molecule has 0 amide bonds. The van der Waals surface area contributed by atoms with E-state index in [2.05, 4.69) is 0 Å². The molecular weight excluding hydrogens is 117 g/mol. The van der Waals surface area contributed by atoms with Gasteiger partial charge in [-0.3, -0.25) is 0 Å². The second-order valence-electron chi connectivity index (χ2n) is 1.80. The zero-order chi connectivity index (χ0) is 8.58. The van der Waals surface area contributed by atoms with Gasteiger partial charge in [-0.2, -0.15) is 13.2 Å². The summed E-state index contributed by atoms with van der Waals surface area (Å²) in [6, 6.07) is 0. The van der Waals surface area contributed by atoms with Gasteiger partial charge in [0.25, 0.3) is 0 Å². The maximum absolute atomic E-state index is 11.7. The number of hydrogen-bond acceptors (Lipinski definition) is 0. The van der Waals surface area contributed by atoms with Crippen molar-refractivity contribution in [2.75, 3.05) is 0 Å². The molecule has 0 aliphatic carbocycles. The second kappa shape index (κ2) is 2.37. The van der Waals surface area contributed by atoms with Gasteiger partial charge in [0.15, 0.2) is 0 Å². The van der Waals surface area contributed by atoms with Gasteiger partial charge >= 0.3 is 6.18 Å². The van der Waals surface area contributed by atoms with Crippen molar-refractivity contribution >= 4 is 0 Å². The third kappa shape index (κ3) is 5.79. The predicted octanol–water partition coefficient (Wildman–Crippen LogP) is 2.59. The zero-order valence-corrected chi connectivity index (χ0v) is 4.71. The first-order chi connectivity index (χ1) is 4.19. The lowest BCUT2D eigenvalue weighted by atomic mass is 10.1. The van der Waals surface area contributed by atoms with Crippen molar-refractivity contribution in [2.24, 2.45) is 5.92 Å². The van der Waals surface area contributed by atoms with Crippen LogP contribution in [0.3, 0.4) is 0 Å². The van der Waals surface area contributed by atoms with Crippen molar-refractivity contribution < 1.29 is 15.9 Å². The third-order valence-electron chi connectivity index (χ3n) is 0.452. The highest BCUT2D eigenvalue weighted by molar-refractivity contribution is 4.52. The minimum absolute atomic E-state index is 1.03. The Morgan fingerprint density at radius 3 is 1.88 bits per heavy atom. The number of alkyl halides is 3. The van der Waals surface area contributed by atoms with Crippen molar-refractivity contribution in [3.8, 4) is 0 Å². The molecule has 0 aromatic heterocycles. The quantitative estimate of drug-likeness (QED) is 0.509. The molecule has 0 aliphatic rings. The molecule has 50 valence electrons. The van der Waals surface area contributed by atoms with Crippen LogP contribution in [0, 0.1) is 5.92 Å². The molecule has 0 aromatic rings. The van der Waals surface area contributed by atoms with Crippen LogP contribution < -0.4 is 0 Å². The normalized spacial score (nSPS) is 18.2. The Labute approximate surface area is 49.5 Å². The van der Waals surface area contributed by atoms with Crippen molar-refractivity contribution in [2.45, 2.75) is 26.4 Å². The Morgan fingerprint density at radius 2 is 1.88 bits per heavy atom. The number of rotatable bonds is 1. The van der Waals surface area contributed by atoms with E-state index >= 15 is 0 Å². The summed E-state index contributed by atoms with van der Waals surface area (Å²) in [6.45, 7) is 2.40. The lowest BCUT2D eigenvalue weighted by Gasteiger charge is -2.07. The van der Waals surface area contributed by atoms with Crippen LogP contribution in [0.1, 0.15) is 23.0 Å². The molecule has 0 heterocycles. The summed E-state index contributed by atoms with van der Waals surface area (Å²) in [7, 11) is 0. The minimum atomic E-state index is -4.75. The van der Waals surface area contributed by atoms with Gasteiger partial charge in [0.1, 0.15) is 0 Å². The Kier molecular flexibility index (Phi) is 1.38. The van der Waals surface area contributed by atoms with E-state index in [0.717, 1.165) is 0 Å². The van der Waals surface area contributed by atoms with E-state index in [9.17, 15) is 13.2 Å². The molecule has 0 unspecified atom stereocenters. The molecule has 0 saturated heterocycles. The summed E-state index contributed by atoms with van der Waals surface area (Å²) in [6.07, 6.45) is -7.81. The third-order valence-corrected chi connectivity index (χ3v) is 0.452. The van der Waals surface area contributed by atoms with E-state index in [1.54, 1.807) is 0 Å². The Hall–Kier alpha value is -0.210. The highest BCUT2D eigenvalue weighted by Gasteiger charge is 2.27. The maximum atomic E-state index is 11.7. The van der Waals surface area contributed by atoms with Crippen LogP contribution in [0.2, 0.25) is 0 Å². The first-order valence-electron chi connectivity index (χ1n) is 3.26. The number of hydrogen-bond donors (Lipinski definition) is 0. The van der Waals surface area contributed by atoms with E-state index < -0.39 is 18.5 Å². The van der Waals surface area contributed by atoms with Crippen molar-refractivity contribution in [1.29, 1.82) is 0 Å². The molecule has 0 bridgehead atoms. The molecular formula is C5H9F3. The SMILES string of the molecule is [2H]C([2H])(C(C)C)C(F)(F)F. The highest BCUT2D eigenvalue weighted by Crippen LogP contribution is 2.23. The molecule has 0 nitrogen and oxygen atoms in total. The van der Waals surface area contributed by atoms with E-state index in [-0.39, 0.29) is 0 Å². The van der Waals surface area contributed by atoms with Crippen LogP contribution in [0.5, 0.6) is 0 Å². The molecule has 0 fully saturated rings. The summed E-state index contributed by atoms with van der Waals surface area (Å²) in [5, 5.41) is 0. The molecule has 0 saturated carbocycles. The largest absolute Gasteiger partial charge is 0.389 e. The van der Waals surface area contributed by atoms with Crippen LogP contribution in [-0.4, -0.2) is 6.18 Å². The Balaban J connectivity index is 4.40. The lowest BCUT2D eigenvalue weighted by molar-refractivity contribution is -0.141. The van der Waals surface area contributed by atoms with Crippen molar-refractivity contribution in [3.63, 3.8) is 0 Å². The second-order valence-corrected chi connectivity index (χ2v) is 1.80. The monoisotopic (exact) mass is 128 g/mol. The zero-order valence-electron chi connectivity index (χ0n) is 6.71. The summed E-state index contributed by atoms with van der Waals surface area (Å²) >= 11 is 0. The minimum Gasteiger partial charge on any atom is -0.171 e. The Morgan fingerprint density at radius 1 is 1.50 bits per heavy atom. The Bertz CT molecular complexity index is 117. The van der Waals surface area contributed by atoms with E-state index in [4.69, 9.17) is 2.74 Å². The predicted molar refractivity (Wildman–Crippen MR) is 25.5 cm³/mol. The van der Waals surface area contributed by atoms with Crippen LogP contribution in [-0.2, 0) is 0 Å². The van der Waals surface area contributed by atoms with Crippen LogP contribution in [0.4, 0.5) is 13.2 Å². The van der Waals surface area contributed by atoms with Crippen molar-refractivity contribution in [1.82, 2.24) is 0 Å². The fraction of sp³-hybridized carbons (Fsp3) is 1.00. The van der Waals surface area contributed by atoms with Gasteiger partial charge in [0.05, 0.1) is 0 Å². The van der Waals surface area contributed by atoms with Gasteiger partial charge in [-0.05, 0) is 5.92 Å².